The number of nitrogens with one attached hydrogen (secondary N) is 1. The third-order valence-electron chi connectivity index (χ3n) is 3.00. The molecule has 6 nitrogen and oxygen atoms in total. The van der Waals surface area contributed by atoms with Gasteiger partial charge in [0.1, 0.15) is 6.04 Å². The predicted molar refractivity (Wildman–Crippen MR) is 63.5 cm³/mol. The quantitative estimate of drug-likeness (QED) is 0.598. The van der Waals surface area contributed by atoms with Crippen LogP contribution in [0.3, 0.4) is 0 Å². The minimum absolute atomic E-state index is 0.0299. The summed E-state index contributed by atoms with van der Waals surface area (Å²) in [5, 5.41) is 11.5. The van der Waals surface area contributed by atoms with Crippen LogP contribution in [0.25, 0.3) is 0 Å². The fourth-order valence-corrected chi connectivity index (χ4v) is 1.87. The molecular weight excluding hydrogens is 222 g/mol. The van der Waals surface area contributed by atoms with E-state index in [1.54, 1.807) is 6.92 Å². The van der Waals surface area contributed by atoms with Crippen LogP contribution in [0.4, 0.5) is 0 Å². The molecule has 0 bridgehead atoms. The van der Waals surface area contributed by atoms with E-state index in [0.717, 1.165) is 25.9 Å². The van der Waals surface area contributed by atoms with Gasteiger partial charge in [0.05, 0.1) is 6.04 Å². The molecule has 0 saturated carbocycles. The van der Waals surface area contributed by atoms with Crippen LogP contribution in [0.2, 0.25) is 0 Å². The summed E-state index contributed by atoms with van der Waals surface area (Å²) in [5.74, 6) is -1.03. The molecule has 1 aliphatic heterocycles. The smallest absolute Gasteiger partial charge is 0.321 e. The van der Waals surface area contributed by atoms with Gasteiger partial charge in [-0.05, 0) is 26.2 Å². The van der Waals surface area contributed by atoms with Gasteiger partial charge in [-0.1, -0.05) is 0 Å². The Morgan fingerprint density at radius 1 is 1.35 bits per heavy atom. The zero-order valence-electron chi connectivity index (χ0n) is 10.2. The molecule has 1 saturated heterocycles. The van der Waals surface area contributed by atoms with Crippen LogP contribution in [-0.4, -0.2) is 53.6 Å². The highest BCUT2D eigenvalue weighted by Crippen LogP contribution is 2.09. The highest BCUT2D eigenvalue weighted by Gasteiger charge is 2.22. The van der Waals surface area contributed by atoms with Crippen molar-refractivity contribution in [2.24, 2.45) is 5.73 Å². The summed E-state index contributed by atoms with van der Waals surface area (Å²) in [5.41, 5.74) is 5.36. The third kappa shape index (κ3) is 4.32. The van der Waals surface area contributed by atoms with Crippen LogP contribution in [-0.2, 0) is 9.59 Å². The molecule has 0 aromatic rings. The Morgan fingerprint density at radius 2 is 1.94 bits per heavy atom. The van der Waals surface area contributed by atoms with Crippen molar-refractivity contribution in [1.82, 2.24) is 10.2 Å². The number of amides is 1. The maximum atomic E-state index is 12.0. The van der Waals surface area contributed by atoms with Gasteiger partial charge in [-0.15, -0.1) is 0 Å². The van der Waals surface area contributed by atoms with Gasteiger partial charge in [0.2, 0.25) is 5.91 Å². The lowest BCUT2D eigenvalue weighted by molar-refractivity contribution is -0.139. The molecule has 17 heavy (non-hydrogen) atoms. The molecule has 1 amide bonds. The van der Waals surface area contributed by atoms with Crippen LogP contribution >= 0.6 is 0 Å². The first-order valence-electron chi connectivity index (χ1n) is 6.03. The Hall–Kier alpha value is -1.14. The minimum Gasteiger partial charge on any atom is -0.480 e. The average molecular weight is 243 g/mol. The van der Waals surface area contributed by atoms with Gasteiger partial charge >= 0.3 is 5.97 Å². The van der Waals surface area contributed by atoms with Gasteiger partial charge in [0.15, 0.2) is 0 Å². The summed E-state index contributed by atoms with van der Waals surface area (Å²) in [7, 11) is 0. The molecule has 0 aromatic carbocycles. The van der Waals surface area contributed by atoms with Crippen LogP contribution in [0, 0.1) is 0 Å². The van der Waals surface area contributed by atoms with E-state index in [2.05, 4.69) is 5.32 Å². The van der Waals surface area contributed by atoms with E-state index in [9.17, 15) is 9.59 Å². The van der Waals surface area contributed by atoms with Gasteiger partial charge in [-0.2, -0.15) is 0 Å². The van der Waals surface area contributed by atoms with Crippen molar-refractivity contribution in [3.05, 3.63) is 0 Å². The number of carboxylic acid groups (broad SMARTS) is 1. The zero-order chi connectivity index (χ0) is 12.8. The number of likely N-dealkylation sites (tertiary alicyclic amines) is 1. The van der Waals surface area contributed by atoms with Crippen molar-refractivity contribution in [3.63, 3.8) is 0 Å². The molecule has 1 rings (SSSR count). The standard InChI is InChI=1S/C11H21N3O3/c1-8(13-7-9(12)11(16)17)10(15)14-5-3-2-4-6-14/h8-9,13H,2-7,12H2,1H3,(H,16,17). The maximum Gasteiger partial charge on any atom is 0.321 e. The summed E-state index contributed by atoms with van der Waals surface area (Å²) in [6.45, 7) is 3.45. The van der Waals surface area contributed by atoms with Crippen molar-refractivity contribution >= 4 is 11.9 Å². The molecule has 0 radical (unpaired) electrons. The van der Waals surface area contributed by atoms with Gasteiger partial charge in [0.25, 0.3) is 0 Å². The Labute approximate surface area is 101 Å². The fourth-order valence-electron chi connectivity index (χ4n) is 1.87. The summed E-state index contributed by atoms with van der Waals surface area (Å²) >= 11 is 0. The number of rotatable bonds is 5. The van der Waals surface area contributed by atoms with Crippen molar-refractivity contribution in [2.75, 3.05) is 19.6 Å². The second kappa shape index (κ2) is 6.56. The number of carbonyl (C=O) groups excluding carboxylic acids is 1. The van der Waals surface area contributed by atoms with Gasteiger partial charge < -0.3 is 21.1 Å². The first-order valence-corrected chi connectivity index (χ1v) is 6.03. The normalized spacial score (nSPS) is 19.8. The summed E-state index contributed by atoms with van der Waals surface area (Å²) < 4.78 is 0. The molecule has 2 atom stereocenters. The topological polar surface area (TPSA) is 95.7 Å². The fraction of sp³-hybridized carbons (Fsp3) is 0.818. The highest BCUT2D eigenvalue weighted by molar-refractivity contribution is 5.81. The number of nitrogens with two attached hydrogens (primary N) is 1. The number of carbonyl (C=O) groups is 2. The molecule has 98 valence electrons. The Kier molecular flexibility index (Phi) is 5.37. The van der Waals surface area contributed by atoms with Crippen molar-refractivity contribution < 1.29 is 14.7 Å². The van der Waals surface area contributed by atoms with E-state index in [1.807, 2.05) is 4.90 Å². The first kappa shape index (κ1) is 13.9. The van der Waals surface area contributed by atoms with E-state index in [4.69, 9.17) is 10.8 Å². The lowest BCUT2D eigenvalue weighted by Crippen LogP contribution is -2.50. The van der Waals surface area contributed by atoms with E-state index < -0.39 is 12.0 Å². The SMILES string of the molecule is CC(NCC(N)C(=O)O)C(=O)N1CCCCC1. The number of aliphatic carboxylic acids is 1. The van der Waals surface area contributed by atoms with Crippen molar-refractivity contribution in [2.45, 2.75) is 38.3 Å². The van der Waals surface area contributed by atoms with E-state index in [0.29, 0.717) is 0 Å². The van der Waals surface area contributed by atoms with Crippen LogP contribution < -0.4 is 11.1 Å². The highest BCUT2D eigenvalue weighted by atomic mass is 16.4. The number of nitrogens with zero attached hydrogens (tertiary/aromatic N) is 1. The molecular formula is C11H21N3O3. The largest absolute Gasteiger partial charge is 0.480 e. The second-order valence-electron chi connectivity index (χ2n) is 4.46. The second-order valence-corrected chi connectivity index (χ2v) is 4.46. The Morgan fingerprint density at radius 3 is 2.47 bits per heavy atom. The van der Waals surface area contributed by atoms with Gasteiger partial charge in [0, 0.05) is 19.6 Å². The average Bonchev–Trinajstić information content (AvgIpc) is 2.35. The molecule has 4 N–H and O–H groups in total. The zero-order valence-corrected chi connectivity index (χ0v) is 10.2. The lowest BCUT2D eigenvalue weighted by atomic mass is 10.1. The van der Waals surface area contributed by atoms with E-state index in [-0.39, 0.29) is 18.5 Å². The first-order chi connectivity index (χ1) is 8.02. The number of carboxylic acids is 1. The molecule has 1 heterocycles. The number of hydrogen-bond donors (Lipinski definition) is 3. The Balaban J connectivity index is 2.33. The molecule has 2 unspecified atom stereocenters. The molecule has 0 aromatic heterocycles. The van der Waals surface area contributed by atoms with Crippen LogP contribution in [0.1, 0.15) is 26.2 Å². The van der Waals surface area contributed by atoms with Crippen molar-refractivity contribution in [1.29, 1.82) is 0 Å². The van der Waals surface area contributed by atoms with E-state index >= 15 is 0 Å². The van der Waals surface area contributed by atoms with Crippen LogP contribution in [0.5, 0.6) is 0 Å². The molecule has 0 spiro atoms. The summed E-state index contributed by atoms with van der Waals surface area (Å²) in [4.78, 5) is 24.3. The number of piperidine rings is 1. The van der Waals surface area contributed by atoms with Crippen LogP contribution in [0.15, 0.2) is 0 Å². The monoisotopic (exact) mass is 243 g/mol. The van der Waals surface area contributed by atoms with Crippen molar-refractivity contribution in [3.8, 4) is 0 Å². The minimum atomic E-state index is -1.06. The summed E-state index contributed by atoms with van der Waals surface area (Å²) in [6.07, 6.45) is 3.27. The predicted octanol–water partition coefficient (Wildman–Crippen LogP) is -0.611. The molecule has 1 aliphatic rings. The summed E-state index contributed by atoms with van der Waals surface area (Å²) in [6, 6.07) is -1.34. The molecule has 6 heteroatoms. The molecule has 1 fully saturated rings. The Bertz CT molecular complexity index is 277. The third-order valence-corrected chi connectivity index (χ3v) is 3.00. The van der Waals surface area contributed by atoms with Gasteiger partial charge in [-0.25, -0.2) is 0 Å². The van der Waals surface area contributed by atoms with Gasteiger partial charge in [-0.3, -0.25) is 9.59 Å². The lowest BCUT2D eigenvalue weighted by Gasteiger charge is -2.29. The number of hydrogen-bond acceptors (Lipinski definition) is 4. The maximum absolute atomic E-state index is 12.0. The molecule has 0 aliphatic carbocycles. The van der Waals surface area contributed by atoms with E-state index in [1.165, 1.54) is 6.42 Å².